The maximum atomic E-state index is 12.9. The standard InChI is InChI=1S/C23H23N5O5S/c1-2-31-16-8-5-14(6-9-16)25-23(30)28-11-3-4-17(28)21-26-27-22(34-21)20(29)24-15-7-10-18-19(12-15)33-13-32-18/h5-10,12,17H,2-4,11,13H2,1H3,(H,24,29)(H,25,30)/t17-/m1/s1. The Labute approximate surface area is 199 Å². The van der Waals surface area contributed by atoms with Crippen molar-refractivity contribution < 1.29 is 23.8 Å². The van der Waals surface area contributed by atoms with Crippen molar-refractivity contribution in [2.24, 2.45) is 0 Å². The van der Waals surface area contributed by atoms with Gasteiger partial charge in [0.05, 0.1) is 12.6 Å². The predicted octanol–water partition coefficient (Wildman–Crippen LogP) is 4.29. The van der Waals surface area contributed by atoms with Crippen molar-refractivity contribution >= 4 is 34.6 Å². The zero-order chi connectivity index (χ0) is 23.5. The molecule has 3 heterocycles. The molecule has 1 saturated heterocycles. The molecule has 0 spiro atoms. The van der Waals surface area contributed by atoms with E-state index >= 15 is 0 Å². The average molecular weight is 482 g/mol. The number of benzene rings is 2. The highest BCUT2D eigenvalue weighted by Gasteiger charge is 2.33. The number of nitrogens with zero attached hydrogens (tertiary/aromatic N) is 3. The molecule has 2 aliphatic heterocycles. The van der Waals surface area contributed by atoms with Crippen LogP contribution in [0.2, 0.25) is 0 Å². The third-order valence-electron chi connectivity index (χ3n) is 5.48. The quantitative estimate of drug-likeness (QED) is 0.540. The first-order valence-corrected chi connectivity index (χ1v) is 11.8. The Morgan fingerprint density at radius 1 is 1.09 bits per heavy atom. The molecule has 176 valence electrons. The van der Waals surface area contributed by atoms with E-state index in [0.29, 0.717) is 41.0 Å². The van der Waals surface area contributed by atoms with Gasteiger partial charge >= 0.3 is 6.03 Å². The van der Waals surface area contributed by atoms with Crippen LogP contribution in [0.5, 0.6) is 17.2 Å². The molecule has 2 aromatic carbocycles. The zero-order valence-electron chi connectivity index (χ0n) is 18.4. The number of urea groups is 1. The number of anilines is 2. The van der Waals surface area contributed by atoms with Crippen LogP contribution >= 0.6 is 11.3 Å². The van der Waals surface area contributed by atoms with Crippen molar-refractivity contribution in [1.29, 1.82) is 0 Å². The maximum Gasteiger partial charge on any atom is 0.322 e. The summed E-state index contributed by atoms with van der Waals surface area (Å²) >= 11 is 1.19. The molecule has 2 aliphatic rings. The van der Waals surface area contributed by atoms with Gasteiger partial charge in [-0.15, -0.1) is 10.2 Å². The lowest BCUT2D eigenvalue weighted by Gasteiger charge is -2.23. The second-order valence-corrected chi connectivity index (χ2v) is 8.72. The highest BCUT2D eigenvalue weighted by atomic mass is 32.1. The van der Waals surface area contributed by atoms with Gasteiger partial charge < -0.3 is 29.7 Å². The molecule has 10 nitrogen and oxygen atoms in total. The number of ether oxygens (including phenoxy) is 3. The fraction of sp³-hybridized carbons (Fsp3) is 0.304. The molecule has 0 aliphatic carbocycles. The molecule has 0 saturated carbocycles. The largest absolute Gasteiger partial charge is 0.494 e. The third kappa shape index (κ3) is 4.60. The van der Waals surface area contributed by atoms with E-state index in [1.54, 1.807) is 35.2 Å². The van der Waals surface area contributed by atoms with Crippen LogP contribution in [0.3, 0.4) is 0 Å². The molecule has 1 aromatic heterocycles. The first kappa shape index (κ1) is 22.0. The van der Waals surface area contributed by atoms with Gasteiger partial charge in [0.1, 0.15) is 10.8 Å². The van der Waals surface area contributed by atoms with Gasteiger partial charge in [-0.3, -0.25) is 4.79 Å². The van der Waals surface area contributed by atoms with E-state index in [-0.39, 0.29) is 29.8 Å². The monoisotopic (exact) mass is 481 g/mol. The lowest BCUT2D eigenvalue weighted by Crippen LogP contribution is -2.34. The van der Waals surface area contributed by atoms with Crippen molar-refractivity contribution in [3.05, 3.63) is 52.5 Å². The lowest BCUT2D eigenvalue weighted by molar-refractivity contribution is 0.102. The topological polar surface area (TPSA) is 115 Å². The zero-order valence-corrected chi connectivity index (χ0v) is 19.3. The molecule has 11 heteroatoms. The number of nitrogens with one attached hydrogen (secondary N) is 2. The van der Waals surface area contributed by atoms with E-state index in [9.17, 15) is 9.59 Å². The smallest absolute Gasteiger partial charge is 0.322 e. The van der Waals surface area contributed by atoms with E-state index < -0.39 is 0 Å². The Kier molecular flexibility index (Phi) is 6.17. The minimum atomic E-state index is -0.369. The summed E-state index contributed by atoms with van der Waals surface area (Å²) in [7, 11) is 0. The van der Waals surface area contributed by atoms with Crippen molar-refractivity contribution in [3.8, 4) is 17.2 Å². The van der Waals surface area contributed by atoms with Gasteiger partial charge in [0.25, 0.3) is 5.91 Å². The van der Waals surface area contributed by atoms with Gasteiger partial charge in [-0.1, -0.05) is 11.3 Å². The second-order valence-electron chi connectivity index (χ2n) is 7.71. The lowest BCUT2D eigenvalue weighted by atomic mass is 10.2. The average Bonchev–Trinajstić information content (AvgIpc) is 3.60. The molecular weight excluding hydrogens is 458 g/mol. The maximum absolute atomic E-state index is 12.9. The summed E-state index contributed by atoms with van der Waals surface area (Å²) in [5.74, 6) is 1.60. The number of hydrogen-bond acceptors (Lipinski definition) is 8. The molecule has 5 rings (SSSR count). The molecule has 3 aromatic rings. The van der Waals surface area contributed by atoms with Crippen LogP contribution in [0, 0.1) is 0 Å². The highest BCUT2D eigenvalue weighted by Crippen LogP contribution is 2.36. The summed E-state index contributed by atoms with van der Waals surface area (Å²) in [6.45, 7) is 3.27. The Bertz CT molecular complexity index is 1200. The van der Waals surface area contributed by atoms with Crippen molar-refractivity contribution in [2.45, 2.75) is 25.8 Å². The number of rotatable bonds is 6. The van der Waals surface area contributed by atoms with E-state index in [2.05, 4.69) is 20.8 Å². The minimum absolute atomic E-state index is 0.163. The van der Waals surface area contributed by atoms with E-state index in [1.807, 2.05) is 19.1 Å². The van der Waals surface area contributed by atoms with Crippen molar-refractivity contribution in [3.63, 3.8) is 0 Å². The van der Waals surface area contributed by atoms with Crippen LogP contribution in [0.15, 0.2) is 42.5 Å². The molecule has 0 bridgehead atoms. The fourth-order valence-corrected chi connectivity index (χ4v) is 4.77. The number of hydrogen-bond donors (Lipinski definition) is 2. The van der Waals surface area contributed by atoms with Gasteiger partial charge in [0, 0.05) is 24.0 Å². The summed E-state index contributed by atoms with van der Waals surface area (Å²) in [4.78, 5) is 27.3. The Morgan fingerprint density at radius 2 is 1.88 bits per heavy atom. The Balaban J connectivity index is 1.23. The SMILES string of the molecule is CCOc1ccc(NC(=O)N2CCC[C@@H]2c2nnc(C(=O)Nc3ccc4c(c3)OCO4)s2)cc1. The molecule has 1 fully saturated rings. The predicted molar refractivity (Wildman–Crippen MR) is 126 cm³/mol. The van der Waals surface area contributed by atoms with Gasteiger partial charge in [-0.2, -0.15) is 0 Å². The van der Waals surface area contributed by atoms with Crippen LogP contribution in [0.25, 0.3) is 0 Å². The molecule has 2 N–H and O–H groups in total. The minimum Gasteiger partial charge on any atom is -0.494 e. The molecule has 1 atom stereocenters. The first-order chi connectivity index (χ1) is 16.6. The van der Waals surface area contributed by atoms with Crippen LogP contribution in [-0.2, 0) is 0 Å². The van der Waals surface area contributed by atoms with Crippen LogP contribution in [0.1, 0.15) is 40.6 Å². The van der Waals surface area contributed by atoms with Crippen molar-refractivity contribution in [2.75, 3.05) is 30.6 Å². The van der Waals surface area contributed by atoms with E-state index in [0.717, 1.165) is 18.6 Å². The number of aromatic nitrogens is 2. The number of amides is 3. The van der Waals surface area contributed by atoms with Crippen LogP contribution in [0.4, 0.5) is 16.2 Å². The fourth-order valence-electron chi connectivity index (χ4n) is 3.88. The number of carbonyl (C=O) groups excluding carboxylic acids is 2. The second kappa shape index (κ2) is 9.56. The molecule has 34 heavy (non-hydrogen) atoms. The van der Waals surface area contributed by atoms with Crippen LogP contribution in [-0.4, -0.2) is 47.0 Å². The van der Waals surface area contributed by atoms with Crippen molar-refractivity contribution in [1.82, 2.24) is 15.1 Å². The summed E-state index contributed by atoms with van der Waals surface area (Å²) in [5.41, 5.74) is 1.25. The summed E-state index contributed by atoms with van der Waals surface area (Å²) in [6.07, 6.45) is 1.61. The normalized spacial score (nSPS) is 16.4. The number of fused-ring (bicyclic) bond motifs is 1. The molecule has 0 radical (unpaired) electrons. The van der Waals surface area contributed by atoms with E-state index in [1.165, 1.54) is 11.3 Å². The van der Waals surface area contributed by atoms with Gasteiger partial charge in [0.2, 0.25) is 11.8 Å². The van der Waals surface area contributed by atoms with Gasteiger partial charge in [-0.25, -0.2) is 4.79 Å². The Hall–Kier alpha value is -3.86. The summed E-state index contributed by atoms with van der Waals surface area (Å²) in [6, 6.07) is 12.0. The van der Waals surface area contributed by atoms with Gasteiger partial charge in [0.15, 0.2) is 11.5 Å². The summed E-state index contributed by atoms with van der Waals surface area (Å²) in [5, 5.41) is 14.9. The van der Waals surface area contributed by atoms with Crippen LogP contribution < -0.4 is 24.8 Å². The number of likely N-dealkylation sites (tertiary alicyclic amines) is 1. The Morgan fingerprint density at radius 3 is 2.71 bits per heavy atom. The molecule has 3 amide bonds. The van der Waals surface area contributed by atoms with Gasteiger partial charge in [-0.05, 0) is 56.2 Å². The molecule has 0 unspecified atom stereocenters. The first-order valence-electron chi connectivity index (χ1n) is 11.0. The summed E-state index contributed by atoms with van der Waals surface area (Å²) < 4.78 is 16.1. The highest BCUT2D eigenvalue weighted by molar-refractivity contribution is 7.13. The van der Waals surface area contributed by atoms with E-state index in [4.69, 9.17) is 14.2 Å². The third-order valence-corrected chi connectivity index (χ3v) is 6.50. The molecular formula is C23H23N5O5S. The number of carbonyl (C=O) groups is 2.